The summed E-state index contributed by atoms with van der Waals surface area (Å²) >= 11 is 0. The van der Waals surface area contributed by atoms with Crippen LogP contribution in [-0.2, 0) is 19.3 Å². The Morgan fingerprint density at radius 3 is 2.33 bits per heavy atom. The van der Waals surface area contributed by atoms with Crippen LogP contribution in [0.1, 0.15) is 63.1 Å². The smallest absolute Gasteiger partial charge is 0.504 e. The van der Waals surface area contributed by atoms with Gasteiger partial charge in [-0.2, -0.15) is 0 Å². The van der Waals surface area contributed by atoms with E-state index in [4.69, 9.17) is 9.84 Å². The lowest BCUT2D eigenvalue weighted by atomic mass is 9.91. The zero-order valence-electron chi connectivity index (χ0n) is 13.2. The van der Waals surface area contributed by atoms with E-state index >= 15 is 0 Å². The van der Waals surface area contributed by atoms with Crippen molar-refractivity contribution in [1.29, 1.82) is 0 Å². The molecule has 4 heteroatoms. The number of phenolic OH excluding ortho intramolecular Hbond substituents is 1. The minimum Gasteiger partial charge on any atom is -0.504 e. The molecule has 1 aromatic rings. The van der Waals surface area contributed by atoms with Gasteiger partial charge in [0.15, 0.2) is 11.5 Å². The van der Waals surface area contributed by atoms with Crippen LogP contribution in [0, 0.1) is 0 Å². The largest absolute Gasteiger partial charge is 0.511 e. The van der Waals surface area contributed by atoms with Crippen LogP contribution in [0.4, 0.5) is 4.79 Å². The third-order valence-electron chi connectivity index (χ3n) is 3.68. The van der Waals surface area contributed by atoms with Crippen molar-refractivity contribution < 1.29 is 19.7 Å². The molecule has 0 heterocycles. The van der Waals surface area contributed by atoms with Gasteiger partial charge in [0.1, 0.15) is 0 Å². The predicted molar refractivity (Wildman–Crippen MR) is 83.4 cm³/mol. The molecule has 1 aromatic carbocycles. The zero-order valence-corrected chi connectivity index (χ0v) is 13.2. The van der Waals surface area contributed by atoms with Gasteiger partial charge < -0.3 is 14.9 Å². The first-order chi connectivity index (χ1) is 10.0. The number of rotatable bonds is 8. The van der Waals surface area contributed by atoms with E-state index in [-0.39, 0.29) is 11.5 Å². The molecule has 0 saturated heterocycles. The molecule has 2 N–H and O–H groups in total. The van der Waals surface area contributed by atoms with E-state index in [1.807, 2.05) is 6.92 Å². The van der Waals surface area contributed by atoms with Gasteiger partial charge in [0.05, 0.1) is 0 Å². The van der Waals surface area contributed by atoms with E-state index in [2.05, 4.69) is 13.8 Å². The van der Waals surface area contributed by atoms with Crippen molar-refractivity contribution in [2.45, 2.75) is 65.7 Å². The van der Waals surface area contributed by atoms with Gasteiger partial charge in [-0.15, -0.1) is 0 Å². The number of carboxylic acid groups (broad SMARTS) is 1. The van der Waals surface area contributed by atoms with E-state index in [1.54, 1.807) is 6.07 Å². The molecule has 1 rings (SSSR count). The molecular formula is C17H26O4. The summed E-state index contributed by atoms with van der Waals surface area (Å²) in [6.45, 7) is 6.22. The molecule has 0 aliphatic carbocycles. The summed E-state index contributed by atoms with van der Waals surface area (Å²) in [5.74, 6) is 0.0355. The molecule has 0 spiro atoms. The molecule has 21 heavy (non-hydrogen) atoms. The number of hydrogen-bond acceptors (Lipinski definition) is 3. The van der Waals surface area contributed by atoms with Crippen molar-refractivity contribution in [2.24, 2.45) is 0 Å². The number of benzene rings is 1. The Bertz CT molecular complexity index is 480. The molecule has 0 radical (unpaired) electrons. The lowest BCUT2D eigenvalue weighted by molar-refractivity contribution is 0.142. The maximum atomic E-state index is 10.8. The van der Waals surface area contributed by atoms with Crippen LogP contribution in [0.15, 0.2) is 6.07 Å². The van der Waals surface area contributed by atoms with Crippen molar-refractivity contribution in [3.63, 3.8) is 0 Å². The van der Waals surface area contributed by atoms with Crippen molar-refractivity contribution >= 4 is 6.16 Å². The van der Waals surface area contributed by atoms with Crippen LogP contribution >= 0.6 is 0 Å². The normalized spacial score (nSPS) is 10.6. The zero-order chi connectivity index (χ0) is 15.8. The molecule has 0 bridgehead atoms. The summed E-state index contributed by atoms with van der Waals surface area (Å²) in [4.78, 5) is 10.8. The SMILES string of the molecule is CCCCCc1cc(OC(=O)O)c(O)c(CC)c1CCC. The minimum absolute atomic E-state index is 0.0254. The monoisotopic (exact) mass is 294 g/mol. The van der Waals surface area contributed by atoms with Gasteiger partial charge in [-0.1, -0.05) is 40.0 Å². The van der Waals surface area contributed by atoms with Gasteiger partial charge in [-0.25, -0.2) is 4.79 Å². The van der Waals surface area contributed by atoms with E-state index in [1.165, 1.54) is 0 Å². The lowest BCUT2D eigenvalue weighted by Crippen LogP contribution is -2.07. The van der Waals surface area contributed by atoms with E-state index in [0.717, 1.165) is 55.2 Å². The first-order valence-electron chi connectivity index (χ1n) is 7.82. The average molecular weight is 294 g/mol. The fourth-order valence-corrected chi connectivity index (χ4v) is 2.70. The Labute approximate surface area is 126 Å². The summed E-state index contributed by atoms with van der Waals surface area (Å²) in [6, 6.07) is 1.70. The lowest BCUT2D eigenvalue weighted by Gasteiger charge is -2.18. The van der Waals surface area contributed by atoms with Crippen molar-refractivity contribution in [1.82, 2.24) is 0 Å². The van der Waals surface area contributed by atoms with Crippen LogP contribution in [-0.4, -0.2) is 16.4 Å². The number of ether oxygens (including phenoxy) is 1. The predicted octanol–water partition coefficient (Wildman–Crippen LogP) is 4.70. The van der Waals surface area contributed by atoms with Crippen LogP contribution in [0.25, 0.3) is 0 Å². The fraction of sp³-hybridized carbons (Fsp3) is 0.588. The molecule has 0 aliphatic rings. The first-order valence-corrected chi connectivity index (χ1v) is 7.82. The van der Waals surface area contributed by atoms with Crippen LogP contribution in [0.2, 0.25) is 0 Å². The molecule has 0 aliphatic heterocycles. The van der Waals surface area contributed by atoms with Gasteiger partial charge in [-0.3, -0.25) is 0 Å². The first kappa shape index (κ1) is 17.3. The highest BCUT2D eigenvalue weighted by molar-refractivity contribution is 5.65. The Balaban J connectivity index is 3.24. The van der Waals surface area contributed by atoms with Crippen LogP contribution in [0.5, 0.6) is 11.5 Å². The third kappa shape index (κ3) is 4.66. The Hall–Kier alpha value is -1.71. The highest BCUT2D eigenvalue weighted by atomic mass is 16.7. The number of aryl methyl sites for hydroxylation is 1. The van der Waals surface area contributed by atoms with Gasteiger partial charge in [0.2, 0.25) is 0 Å². The third-order valence-corrected chi connectivity index (χ3v) is 3.68. The molecule has 0 amide bonds. The highest BCUT2D eigenvalue weighted by Crippen LogP contribution is 2.37. The van der Waals surface area contributed by atoms with E-state index in [0.29, 0.717) is 6.42 Å². The maximum absolute atomic E-state index is 10.8. The van der Waals surface area contributed by atoms with Crippen molar-refractivity contribution in [3.8, 4) is 11.5 Å². The van der Waals surface area contributed by atoms with Gasteiger partial charge in [0, 0.05) is 5.56 Å². The molecule has 0 unspecified atom stereocenters. The van der Waals surface area contributed by atoms with Gasteiger partial charge in [-0.05, 0) is 42.9 Å². The second kappa shape index (κ2) is 8.55. The Morgan fingerprint density at radius 1 is 1.10 bits per heavy atom. The van der Waals surface area contributed by atoms with Crippen molar-refractivity contribution in [3.05, 3.63) is 22.8 Å². The second-order valence-corrected chi connectivity index (χ2v) is 5.27. The number of phenols is 1. The number of carbonyl (C=O) groups is 1. The van der Waals surface area contributed by atoms with Gasteiger partial charge >= 0.3 is 6.16 Å². The molecule has 0 aromatic heterocycles. The summed E-state index contributed by atoms with van der Waals surface area (Å²) in [6.07, 6.45) is 5.40. The number of unbranched alkanes of at least 4 members (excludes halogenated alkanes) is 2. The molecule has 0 atom stereocenters. The van der Waals surface area contributed by atoms with Gasteiger partial charge in [0.25, 0.3) is 0 Å². The van der Waals surface area contributed by atoms with Crippen LogP contribution in [0.3, 0.4) is 0 Å². The second-order valence-electron chi connectivity index (χ2n) is 5.27. The molecule has 4 nitrogen and oxygen atoms in total. The van der Waals surface area contributed by atoms with E-state index < -0.39 is 6.16 Å². The number of aromatic hydroxyl groups is 1. The molecule has 0 fully saturated rings. The van der Waals surface area contributed by atoms with Crippen LogP contribution < -0.4 is 4.74 Å². The average Bonchev–Trinajstić information content (AvgIpc) is 2.43. The summed E-state index contributed by atoms with van der Waals surface area (Å²) in [7, 11) is 0. The number of hydrogen-bond donors (Lipinski definition) is 2. The topological polar surface area (TPSA) is 66.8 Å². The Kier molecular flexibility index (Phi) is 7.06. The molecule has 118 valence electrons. The quantitative estimate of drug-likeness (QED) is 0.414. The summed E-state index contributed by atoms with van der Waals surface area (Å²) in [5.41, 5.74) is 3.09. The van der Waals surface area contributed by atoms with E-state index in [9.17, 15) is 9.90 Å². The van der Waals surface area contributed by atoms with Crippen molar-refractivity contribution in [2.75, 3.05) is 0 Å². The Morgan fingerprint density at radius 2 is 1.81 bits per heavy atom. The molecule has 0 saturated carbocycles. The fourth-order valence-electron chi connectivity index (χ4n) is 2.70. The minimum atomic E-state index is -1.39. The molecular weight excluding hydrogens is 268 g/mol. The highest BCUT2D eigenvalue weighted by Gasteiger charge is 2.18. The summed E-state index contributed by atoms with van der Waals surface area (Å²) in [5, 5.41) is 19.1. The maximum Gasteiger partial charge on any atom is 0.511 e. The summed E-state index contributed by atoms with van der Waals surface area (Å²) < 4.78 is 4.73. The standard InChI is InChI=1S/C17H26O4/c1-4-7-8-10-12-11-15(21-17(19)20)16(18)13(6-3)14(12)9-5-2/h11,18H,4-10H2,1-3H3,(H,19,20).